The molecule has 0 saturated heterocycles. The number of fused-ring (bicyclic) bond motifs is 1. The van der Waals surface area contributed by atoms with E-state index in [1.165, 1.54) is 24.2 Å². The van der Waals surface area contributed by atoms with Crippen LogP contribution in [0.3, 0.4) is 0 Å². The van der Waals surface area contributed by atoms with Crippen LogP contribution in [-0.4, -0.2) is 17.9 Å². The van der Waals surface area contributed by atoms with Gasteiger partial charge in [0, 0.05) is 12.5 Å². The Morgan fingerprint density at radius 3 is 2.60 bits per heavy atom. The summed E-state index contributed by atoms with van der Waals surface area (Å²) in [7, 11) is 0. The number of rotatable bonds is 3. The van der Waals surface area contributed by atoms with E-state index in [2.05, 4.69) is 40.6 Å². The fraction of sp³-hybridized carbons (Fsp3) is 0.462. The fourth-order valence-electron chi connectivity index (χ4n) is 2.30. The third-order valence-corrected chi connectivity index (χ3v) is 3.40. The third kappa shape index (κ3) is 1.76. The summed E-state index contributed by atoms with van der Waals surface area (Å²) in [6.07, 6.45) is 4.76. The van der Waals surface area contributed by atoms with Gasteiger partial charge in [0.1, 0.15) is 0 Å². The Morgan fingerprint density at radius 2 is 2.00 bits per heavy atom. The molecule has 0 aromatic heterocycles. The number of hydrogen-bond donors (Lipinski definition) is 1. The van der Waals surface area contributed by atoms with Crippen molar-refractivity contribution in [3.63, 3.8) is 0 Å². The molecule has 2 heteroatoms. The van der Waals surface area contributed by atoms with Crippen molar-refractivity contribution < 1.29 is 0 Å². The monoisotopic (exact) mass is 200 g/mol. The van der Waals surface area contributed by atoms with Crippen molar-refractivity contribution in [1.29, 1.82) is 0 Å². The molecule has 15 heavy (non-hydrogen) atoms. The minimum Gasteiger partial charge on any atom is -0.369 e. The van der Waals surface area contributed by atoms with Crippen LogP contribution in [0.5, 0.6) is 0 Å². The van der Waals surface area contributed by atoms with E-state index in [1.807, 2.05) is 0 Å². The average Bonchev–Trinajstić information content (AvgIpc) is 2.54. The predicted octanol–water partition coefficient (Wildman–Crippen LogP) is 2.15. The molecule has 0 bridgehead atoms. The summed E-state index contributed by atoms with van der Waals surface area (Å²) in [5.41, 5.74) is 1.40. The lowest BCUT2D eigenvalue weighted by atomic mass is 9.88. The van der Waals surface area contributed by atoms with E-state index < -0.39 is 0 Å². The summed E-state index contributed by atoms with van der Waals surface area (Å²) >= 11 is 0. The maximum atomic E-state index is 4.68. The van der Waals surface area contributed by atoms with Crippen molar-refractivity contribution in [3.8, 4) is 0 Å². The summed E-state index contributed by atoms with van der Waals surface area (Å²) in [6.45, 7) is 0. The number of amidine groups is 1. The molecule has 1 aromatic carbocycles. The van der Waals surface area contributed by atoms with Crippen LogP contribution in [0.1, 0.15) is 24.8 Å². The lowest BCUT2D eigenvalue weighted by Crippen LogP contribution is -2.42. The molecule has 2 unspecified atom stereocenters. The molecule has 2 nitrogen and oxygen atoms in total. The van der Waals surface area contributed by atoms with Gasteiger partial charge in [-0.1, -0.05) is 30.3 Å². The first-order valence-corrected chi connectivity index (χ1v) is 5.79. The van der Waals surface area contributed by atoms with Gasteiger partial charge in [-0.2, -0.15) is 0 Å². The van der Waals surface area contributed by atoms with Gasteiger partial charge in [-0.15, -0.1) is 0 Å². The van der Waals surface area contributed by atoms with Crippen LogP contribution in [0, 0.1) is 0 Å². The summed E-state index contributed by atoms with van der Waals surface area (Å²) in [6, 6.07) is 11.9. The number of nitrogens with zero attached hydrogens (tertiary/aromatic N) is 1. The highest BCUT2D eigenvalue weighted by Crippen LogP contribution is 2.27. The molecule has 1 aromatic rings. The van der Waals surface area contributed by atoms with Crippen molar-refractivity contribution in [2.45, 2.75) is 37.8 Å². The van der Waals surface area contributed by atoms with Gasteiger partial charge in [-0.3, -0.25) is 4.99 Å². The fourth-order valence-corrected chi connectivity index (χ4v) is 2.30. The van der Waals surface area contributed by atoms with Crippen LogP contribution in [-0.2, 0) is 6.42 Å². The standard InChI is InChI=1S/C13H16N2/c1-2-4-10(5-3-1)6-9-13-14-11-7-8-12(11)15-13/h1-5,11-12H,6-9H2,(H,14,15). The second-order valence-electron chi connectivity index (χ2n) is 4.46. The van der Waals surface area contributed by atoms with Crippen LogP contribution in [0.4, 0.5) is 0 Å². The summed E-state index contributed by atoms with van der Waals surface area (Å²) in [5.74, 6) is 1.23. The van der Waals surface area contributed by atoms with Gasteiger partial charge in [0.15, 0.2) is 0 Å². The highest BCUT2D eigenvalue weighted by atomic mass is 15.1. The second-order valence-corrected chi connectivity index (χ2v) is 4.46. The van der Waals surface area contributed by atoms with Crippen LogP contribution in [0.15, 0.2) is 35.3 Å². The third-order valence-electron chi connectivity index (χ3n) is 3.40. The molecule has 1 heterocycles. The Balaban J connectivity index is 1.57. The van der Waals surface area contributed by atoms with Gasteiger partial charge in [-0.05, 0) is 24.8 Å². The Morgan fingerprint density at radius 1 is 1.13 bits per heavy atom. The summed E-state index contributed by atoms with van der Waals surface area (Å²) < 4.78 is 0. The van der Waals surface area contributed by atoms with Gasteiger partial charge in [0.25, 0.3) is 0 Å². The number of benzene rings is 1. The zero-order valence-electron chi connectivity index (χ0n) is 8.82. The van der Waals surface area contributed by atoms with Crippen molar-refractivity contribution >= 4 is 5.84 Å². The molecule has 3 rings (SSSR count). The molecule has 78 valence electrons. The molecule has 1 N–H and O–H groups in total. The lowest BCUT2D eigenvalue weighted by Gasteiger charge is -2.27. The van der Waals surface area contributed by atoms with Gasteiger partial charge in [-0.25, -0.2) is 0 Å². The van der Waals surface area contributed by atoms with Gasteiger partial charge in [0.05, 0.1) is 11.9 Å². The van der Waals surface area contributed by atoms with E-state index in [0.29, 0.717) is 12.1 Å². The zero-order valence-corrected chi connectivity index (χ0v) is 8.82. The summed E-state index contributed by atoms with van der Waals surface area (Å²) in [5, 5.41) is 3.51. The van der Waals surface area contributed by atoms with E-state index in [4.69, 9.17) is 0 Å². The molecule has 1 aliphatic heterocycles. The summed E-state index contributed by atoms with van der Waals surface area (Å²) in [4.78, 5) is 4.68. The van der Waals surface area contributed by atoms with Crippen molar-refractivity contribution in [1.82, 2.24) is 5.32 Å². The molecule has 0 spiro atoms. The smallest absolute Gasteiger partial charge is 0.0973 e. The van der Waals surface area contributed by atoms with Gasteiger partial charge >= 0.3 is 0 Å². The van der Waals surface area contributed by atoms with Crippen molar-refractivity contribution in [2.75, 3.05) is 0 Å². The molecular weight excluding hydrogens is 184 g/mol. The van der Waals surface area contributed by atoms with Crippen molar-refractivity contribution in [2.24, 2.45) is 4.99 Å². The first kappa shape index (κ1) is 8.96. The normalized spacial score (nSPS) is 27.6. The predicted molar refractivity (Wildman–Crippen MR) is 62.1 cm³/mol. The molecule has 0 radical (unpaired) electrons. The Labute approximate surface area is 90.4 Å². The average molecular weight is 200 g/mol. The second kappa shape index (κ2) is 3.69. The largest absolute Gasteiger partial charge is 0.369 e. The Kier molecular flexibility index (Phi) is 2.20. The Bertz CT molecular complexity index is 369. The van der Waals surface area contributed by atoms with Crippen LogP contribution >= 0.6 is 0 Å². The minimum atomic E-state index is 0.607. The van der Waals surface area contributed by atoms with Gasteiger partial charge in [0.2, 0.25) is 0 Å². The molecule has 2 atom stereocenters. The van der Waals surface area contributed by atoms with E-state index in [9.17, 15) is 0 Å². The van der Waals surface area contributed by atoms with Crippen molar-refractivity contribution in [3.05, 3.63) is 35.9 Å². The maximum absolute atomic E-state index is 4.68. The SMILES string of the molecule is c1ccc(CCC2=NC3CCC3N2)cc1. The number of hydrogen-bond acceptors (Lipinski definition) is 2. The highest BCUT2D eigenvalue weighted by Gasteiger charge is 2.35. The van der Waals surface area contributed by atoms with Crippen LogP contribution < -0.4 is 5.32 Å². The van der Waals surface area contributed by atoms with Gasteiger partial charge < -0.3 is 5.32 Å². The number of aliphatic imine (C=N–C) groups is 1. The van der Waals surface area contributed by atoms with Crippen LogP contribution in [0.25, 0.3) is 0 Å². The molecule has 1 saturated carbocycles. The molecule has 1 aliphatic carbocycles. The first-order chi connectivity index (χ1) is 7.42. The minimum absolute atomic E-state index is 0.607. The first-order valence-electron chi connectivity index (χ1n) is 5.79. The molecule has 2 aliphatic rings. The molecular formula is C13H16N2. The quantitative estimate of drug-likeness (QED) is 0.794. The van der Waals surface area contributed by atoms with E-state index >= 15 is 0 Å². The number of aryl methyl sites for hydroxylation is 1. The maximum Gasteiger partial charge on any atom is 0.0973 e. The molecule has 0 amide bonds. The number of nitrogens with one attached hydrogen (secondary N) is 1. The van der Waals surface area contributed by atoms with E-state index in [0.717, 1.165) is 12.8 Å². The van der Waals surface area contributed by atoms with Crippen LogP contribution in [0.2, 0.25) is 0 Å². The highest BCUT2D eigenvalue weighted by molar-refractivity contribution is 5.85. The van der Waals surface area contributed by atoms with E-state index in [1.54, 1.807) is 0 Å². The topological polar surface area (TPSA) is 24.4 Å². The zero-order chi connectivity index (χ0) is 10.1. The lowest BCUT2D eigenvalue weighted by molar-refractivity contribution is 0.347. The Hall–Kier alpha value is -1.31. The van der Waals surface area contributed by atoms with E-state index in [-0.39, 0.29) is 0 Å². The molecule has 1 fully saturated rings.